The number of nitrogens with zero attached hydrogens (tertiary/aromatic N) is 3. The molecular weight excluding hydrogens is 340 g/mol. The first kappa shape index (κ1) is 15.9. The maximum Gasteiger partial charge on any atom is 0.226 e. The third-order valence-electron chi connectivity index (χ3n) is 4.57. The first-order valence-electron chi connectivity index (χ1n) is 8.05. The second-order valence-electron chi connectivity index (χ2n) is 6.28. The van der Waals surface area contributed by atoms with Gasteiger partial charge in [0, 0.05) is 28.5 Å². The van der Waals surface area contributed by atoms with Gasteiger partial charge >= 0.3 is 0 Å². The van der Waals surface area contributed by atoms with Crippen molar-refractivity contribution >= 4 is 23.3 Å². The zero-order chi connectivity index (χ0) is 17.6. The average molecular weight is 357 g/mol. The molecule has 7 heteroatoms. The highest BCUT2D eigenvalue weighted by Gasteiger charge is 2.33. The van der Waals surface area contributed by atoms with E-state index in [2.05, 4.69) is 15.6 Å². The molecule has 0 saturated heterocycles. The summed E-state index contributed by atoms with van der Waals surface area (Å²) < 4.78 is 7.10. The molecule has 3 heterocycles. The van der Waals surface area contributed by atoms with E-state index in [0.717, 1.165) is 34.0 Å². The Morgan fingerprint density at radius 3 is 2.76 bits per heavy atom. The van der Waals surface area contributed by atoms with Crippen molar-refractivity contribution in [3.8, 4) is 0 Å². The van der Waals surface area contributed by atoms with Crippen LogP contribution >= 0.6 is 11.6 Å². The van der Waals surface area contributed by atoms with Gasteiger partial charge in [-0.1, -0.05) is 28.9 Å². The molecule has 0 saturated carbocycles. The van der Waals surface area contributed by atoms with E-state index in [4.69, 9.17) is 16.1 Å². The summed E-state index contributed by atoms with van der Waals surface area (Å²) in [5.74, 6) is 1.36. The zero-order valence-corrected chi connectivity index (χ0v) is 14.7. The van der Waals surface area contributed by atoms with E-state index in [0.29, 0.717) is 18.0 Å². The van der Waals surface area contributed by atoms with Gasteiger partial charge < -0.3 is 9.84 Å². The van der Waals surface area contributed by atoms with E-state index in [9.17, 15) is 4.79 Å². The van der Waals surface area contributed by atoms with E-state index in [1.807, 2.05) is 44.3 Å². The van der Waals surface area contributed by atoms with Crippen LogP contribution in [0, 0.1) is 13.8 Å². The second kappa shape index (κ2) is 6.04. The summed E-state index contributed by atoms with van der Waals surface area (Å²) in [5, 5.41) is 12.2. The Balaban J connectivity index is 1.73. The maximum atomic E-state index is 12.3. The summed E-state index contributed by atoms with van der Waals surface area (Å²) in [4.78, 5) is 12.3. The van der Waals surface area contributed by atoms with E-state index in [1.165, 1.54) is 0 Å². The fourth-order valence-corrected chi connectivity index (χ4v) is 3.52. The molecule has 128 valence electrons. The van der Waals surface area contributed by atoms with Crippen LogP contribution in [0.25, 0.3) is 0 Å². The fourth-order valence-electron chi connectivity index (χ4n) is 3.40. The van der Waals surface area contributed by atoms with Crippen molar-refractivity contribution < 1.29 is 9.32 Å². The normalized spacial score (nSPS) is 16.6. The first-order chi connectivity index (χ1) is 12.0. The van der Waals surface area contributed by atoms with E-state index in [1.54, 1.807) is 4.68 Å². The smallest absolute Gasteiger partial charge is 0.226 e. The summed E-state index contributed by atoms with van der Waals surface area (Å²) in [6.07, 6.45) is 2.18. The van der Waals surface area contributed by atoms with Crippen LogP contribution in [-0.2, 0) is 11.3 Å². The number of hydrogen-bond donors (Lipinski definition) is 1. The largest absolute Gasteiger partial charge is 0.361 e. The van der Waals surface area contributed by atoms with Gasteiger partial charge in [-0.15, -0.1) is 0 Å². The molecule has 1 atom stereocenters. The molecule has 2 aromatic heterocycles. The molecule has 1 aliphatic heterocycles. The number of fused-ring (bicyclic) bond motifs is 1. The Morgan fingerprint density at radius 2 is 2.08 bits per heavy atom. The number of amides is 1. The summed E-state index contributed by atoms with van der Waals surface area (Å²) >= 11 is 5.94. The molecule has 6 nitrogen and oxygen atoms in total. The lowest BCUT2D eigenvalue weighted by atomic mass is 9.86. The molecule has 1 aromatic carbocycles. The lowest BCUT2D eigenvalue weighted by Gasteiger charge is -2.23. The third kappa shape index (κ3) is 2.82. The van der Waals surface area contributed by atoms with Gasteiger partial charge in [0.1, 0.15) is 11.6 Å². The summed E-state index contributed by atoms with van der Waals surface area (Å²) in [6.45, 7) is 4.33. The molecule has 0 aliphatic carbocycles. The Kier molecular flexibility index (Phi) is 3.84. The standard InChI is InChI=1S/C18H17ClN4O2/c1-10-17(11(2)25-22-10)14-7-16(24)21-18-15(14)8-20-23(18)9-12-3-5-13(19)6-4-12/h3-6,8,14H,7,9H2,1-2H3,(H,21,24). The van der Waals surface area contributed by atoms with Crippen LogP contribution in [0.15, 0.2) is 35.0 Å². The molecule has 1 N–H and O–H groups in total. The van der Waals surface area contributed by atoms with Crippen LogP contribution < -0.4 is 5.32 Å². The Bertz CT molecular complexity index is 923. The molecule has 1 aliphatic rings. The zero-order valence-electron chi connectivity index (χ0n) is 13.9. The third-order valence-corrected chi connectivity index (χ3v) is 4.83. The Morgan fingerprint density at radius 1 is 1.32 bits per heavy atom. The molecular formula is C18H17ClN4O2. The number of anilines is 1. The molecule has 0 fully saturated rings. The summed E-state index contributed by atoms with van der Waals surface area (Å²) in [6, 6.07) is 7.59. The van der Waals surface area contributed by atoms with Gasteiger partial charge in [-0.25, -0.2) is 4.68 Å². The topological polar surface area (TPSA) is 73.0 Å². The minimum atomic E-state index is -0.0889. The van der Waals surface area contributed by atoms with Gasteiger partial charge in [-0.05, 0) is 31.5 Å². The molecule has 0 spiro atoms. The second-order valence-corrected chi connectivity index (χ2v) is 6.71. The first-order valence-corrected chi connectivity index (χ1v) is 8.43. The highest BCUT2D eigenvalue weighted by atomic mass is 35.5. The van der Waals surface area contributed by atoms with Crippen molar-refractivity contribution in [1.82, 2.24) is 14.9 Å². The molecule has 1 unspecified atom stereocenters. The lowest BCUT2D eigenvalue weighted by molar-refractivity contribution is -0.116. The number of aryl methyl sites for hydroxylation is 2. The number of carbonyl (C=O) groups excluding carboxylic acids is 1. The van der Waals surface area contributed by atoms with Crippen LogP contribution in [0.1, 0.15) is 40.5 Å². The minimum absolute atomic E-state index is 0.0321. The van der Waals surface area contributed by atoms with E-state index < -0.39 is 0 Å². The predicted molar refractivity (Wildman–Crippen MR) is 93.8 cm³/mol. The predicted octanol–water partition coefficient (Wildman–Crippen LogP) is 3.66. The van der Waals surface area contributed by atoms with Gasteiger partial charge in [0.25, 0.3) is 0 Å². The maximum absolute atomic E-state index is 12.3. The van der Waals surface area contributed by atoms with Gasteiger partial charge in [0.2, 0.25) is 5.91 Å². The SMILES string of the molecule is Cc1noc(C)c1C1CC(=O)Nc2c1cnn2Cc1ccc(Cl)cc1. The quantitative estimate of drug-likeness (QED) is 0.777. The van der Waals surface area contributed by atoms with Crippen molar-refractivity contribution in [1.29, 1.82) is 0 Å². The van der Waals surface area contributed by atoms with Gasteiger partial charge in [-0.2, -0.15) is 5.10 Å². The fraction of sp³-hybridized carbons (Fsp3) is 0.278. The van der Waals surface area contributed by atoms with Crippen LogP contribution in [0.2, 0.25) is 5.02 Å². The average Bonchev–Trinajstić information content (AvgIpc) is 3.13. The van der Waals surface area contributed by atoms with E-state index >= 15 is 0 Å². The van der Waals surface area contributed by atoms with Gasteiger partial charge in [-0.3, -0.25) is 4.79 Å². The highest BCUT2D eigenvalue weighted by Crippen LogP contribution is 2.39. The van der Waals surface area contributed by atoms with Crippen molar-refractivity contribution in [3.05, 3.63) is 63.6 Å². The Labute approximate surface area is 149 Å². The number of nitrogens with one attached hydrogen (secondary N) is 1. The minimum Gasteiger partial charge on any atom is -0.361 e. The van der Waals surface area contributed by atoms with E-state index in [-0.39, 0.29) is 11.8 Å². The van der Waals surface area contributed by atoms with Crippen molar-refractivity contribution in [3.63, 3.8) is 0 Å². The number of rotatable bonds is 3. The van der Waals surface area contributed by atoms with Gasteiger partial charge in [0.15, 0.2) is 0 Å². The monoisotopic (exact) mass is 356 g/mol. The number of hydrogen-bond acceptors (Lipinski definition) is 4. The van der Waals surface area contributed by atoms with Crippen LogP contribution in [0.4, 0.5) is 5.82 Å². The molecule has 3 aromatic rings. The van der Waals surface area contributed by atoms with Crippen LogP contribution in [0.3, 0.4) is 0 Å². The lowest BCUT2D eigenvalue weighted by Crippen LogP contribution is -2.25. The van der Waals surface area contributed by atoms with Crippen molar-refractivity contribution in [2.45, 2.75) is 32.7 Å². The number of aromatic nitrogens is 3. The Hall–Kier alpha value is -2.60. The molecule has 25 heavy (non-hydrogen) atoms. The molecule has 1 amide bonds. The summed E-state index contributed by atoms with van der Waals surface area (Å²) in [7, 11) is 0. The van der Waals surface area contributed by atoms with Crippen molar-refractivity contribution in [2.24, 2.45) is 0 Å². The van der Waals surface area contributed by atoms with Gasteiger partial charge in [0.05, 0.1) is 18.4 Å². The summed E-state index contributed by atoms with van der Waals surface area (Å²) in [5.41, 5.74) is 3.84. The molecule has 4 rings (SSSR count). The van der Waals surface area contributed by atoms with Crippen LogP contribution in [-0.4, -0.2) is 20.8 Å². The number of halogens is 1. The van der Waals surface area contributed by atoms with Crippen molar-refractivity contribution in [2.75, 3.05) is 5.32 Å². The molecule has 0 radical (unpaired) electrons. The highest BCUT2D eigenvalue weighted by molar-refractivity contribution is 6.30. The van der Waals surface area contributed by atoms with Crippen LogP contribution in [0.5, 0.6) is 0 Å². The number of benzene rings is 1. The number of carbonyl (C=O) groups is 1. The molecule has 0 bridgehead atoms.